The number of nitrogens with zero attached hydrogens (tertiary/aromatic N) is 5. The van der Waals surface area contributed by atoms with Gasteiger partial charge in [-0.1, -0.05) is 6.92 Å². The fraction of sp³-hybridized carbons (Fsp3) is 0.769. The molecule has 1 aromatic heterocycles. The lowest BCUT2D eigenvalue weighted by Crippen LogP contribution is -2.67. The molecule has 2 unspecified atom stereocenters. The van der Waals surface area contributed by atoms with Crippen LogP contribution in [0.3, 0.4) is 0 Å². The minimum absolute atomic E-state index is 0.00725. The Bertz CT molecular complexity index is 471. The molecule has 3 heterocycles. The monoisotopic (exact) mass is 263 g/mol. The molecule has 1 aromatic rings. The van der Waals surface area contributed by atoms with Gasteiger partial charge in [0.05, 0.1) is 5.54 Å². The van der Waals surface area contributed by atoms with Gasteiger partial charge in [0, 0.05) is 25.7 Å². The van der Waals surface area contributed by atoms with E-state index < -0.39 is 0 Å². The van der Waals surface area contributed by atoms with Crippen LogP contribution in [0.25, 0.3) is 0 Å². The molecule has 0 bridgehead atoms. The van der Waals surface area contributed by atoms with Crippen LogP contribution in [0.5, 0.6) is 0 Å². The van der Waals surface area contributed by atoms with E-state index in [1.807, 2.05) is 4.90 Å². The Morgan fingerprint density at radius 2 is 2.26 bits per heavy atom. The normalized spacial score (nSPS) is 31.2. The van der Waals surface area contributed by atoms with Gasteiger partial charge in [0.1, 0.15) is 12.7 Å². The van der Waals surface area contributed by atoms with Crippen molar-refractivity contribution in [2.75, 3.05) is 19.6 Å². The van der Waals surface area contributed by atoms with E-state index in [0.29, 0.717) is 12.0 Å². The largest absolute Gasteiger partial charge is 0.346 e. The molecule has 6 heteroatoms. The molecule has 2 saturated heterocycles. The lowest BCUT2D eigenvalue weighted by atomic mass is 9.77. The van der Waals surface area contributed by atoms with Crippen LogP contribution in [0.15, 0.2) is 12.7 Å². The lowest BCUT2D eigenvalue weighted by Gasteiger charge is -2.52. The molecule has 0 aromatic carbocycles. The van der Waals surface area contributed by atoms with Gasteiger partial charge in [-0.15, -0.1) is 0 Å². The summed E-state index contributed by atoms with van der Waals surface area (Å²) in [7, 11) is 0. The summed E-state index contributed by atoms with van der Waals surface area (Å²) >= 11 is 0. The molecule has 1 amide bonds. The number of amides is 1. The van der Waals surface area contributed by atoms with E-state index in [2.05, 4.69) is 35.8 Å². The highest BCUT2D eigenvalue weighted by atomic mass is 16.2. The first kappa shape index (κ1) is 12.6. The maximum atomic E-state index is 12.4. The van der Waals surface area contributed by atoms with Crippen molar-refractivity contribution in [3.63, 3.8) is 0 Å². The first-order chi connectivity index (χ1) is 9.04. The summed E-state index contributed by atoms with van der Waals surface area (Å²) in [6.07, 6.45) is 3.98. The number of hydrogen-bond donors (Lipinski definition) is 0. The van der Waals surface area contributed by atoms with E-state index in [1.54, 1.807) is 0 Å². The maximum absolute atomic E-state index is 12.4. The van der Waals surface area contributed by atoms with Crippen LogP contribution >= 0.6 is 0 Å². The third kappa shape index (κ3) is 1.77. The van der Waals surface area contributed by atoms with Crippen molar-refractivity contribution in [3.8, 4) is 0 Å². The fourth-order valence-corrected chi connectivity index (χ4v) is 3.39. The second kappa shape index (κ2) is 4.30. The number of carbonyl (C=O) groups excluding carboxylic acids is 1. The van der Waals surface area contributed by atoms with Gasteiger partial charge < -0.3 is 4.90 Å². The summed E-state index contributed by atoms with van der Waals surface area (Å²) in [5.74, 6) is 0.510. The van der Waals surface area contributed by atoms with Crippen molar-refractivity contribution >= 4 is 6.03 Å². The second-order valence-corrected chi connectivity index (χ2v) is 6.05. The van der Waals surface area contributed by atoms with Crippen molar-refractivity contribution in [1.29, 1.82) is 0 Å². The molecule has 104 valence electrons. The summed E-state index contributed by atoms with van der Waals surface area (Å²) in [6, 6.07) is 0.493. The number of likely N-dealkylation sites (tertiary alicyclic amines) is 2. The summed E-state index contributed by atoms with van der Waals surface area (Å²) in [5.41, 5.74) is 0.00725. The van der Waals surface area contributed by atoms with Crippen molar-refractivity contribution in [3.05, 3.63) is 12.7 Å². The zero-order valence-electron chi connectivity index (χ0n) is 11.8. The Kier molecular flexibility index (Phi) is 2.85. The zero-order chi connectivity index (χ0) is 13.6. The Hall–Kier alpha value is -1.43. The molecule has 19 heavy (non-hydrogen) atoms. The summed E-state index contributed by atoms with van der Waals surface area (Å²) in [5, 5.41) is 3.95. The van der Waals surface area contributed by atoms with Crippen molar-refractivity contribution in [1.82, 2.24) is 24.6 Å². The van der Waals surface area contributed by atoms with Gasteiger partial charge >= 0.3 is 6.03 Å². The Morgan fingerprint density at radius 3 is 2.74 bits per heavy atom. The Balaban J connectivity index is 1.80. The number of hydrogen-bond acceptors (Lipinski definition) is 4. The highest BCUT2D eigenvalue weighted by molar-refractivity contribution is 5.77. The highest BCUT2D eigenvalue weighted by Crippen LogP contribution is 2.43. The summed E-state index contributed by atoms with van der Waals surface area (Å²) < 4.78 is 1.34. The van der Waals surface area contributed by atoms with Crippen LogP contribution in [0.4, 0.5) is 4.79 Å². The quantitative estimate of drug-likeness (QED) is 0.760. The molecule has 2 fully saturated rings. The molecule has 2 atom stereocenters. The molecule has 0 N–H and O–H groups in total. The first-order valence-electron chi connectivity index (χ1n) is 6.95. The van der Waals surface area contributed by atoms with Crippen molar-refractivity contribution in [2.24, 2.45) is 5.92 Å². The van der Waals surface area contributed by atoms with Crippen LogP contribution in [0, 0.1) is 5.92 Å². The average Bonchev–Trinajstić information content (AvgIpc) is 2.94. The molecule has 0 saturated carbocycles. The molecular weight excluding hydrogens is 242 g/mol. The van der Waals surface area contributed by atoms with Crippen LogP contribution in [-0.4, -0.2) is 61.8 Å². The fourth-order valence-electron chi connectivity index (χ4n) is 3.39. The number of rotatable bonds is 1. The number of carbonyl (C=O) groups is 1. The molecule has 1 spiro atoms. The zero-order valence-corrected chi connectivity index (χ0v) is 11.8. The van der Waals surface area contributed by atoms with Gasteiger partial charge in [0.2, 0.25) is 0 Å². The molecule has 6 nitrogen and oxygen atoms in total. The predicted octanol–water partition coefficient (Wildman–Crippen LogP) is 1.05. The van der Waals surface area contributed by atoms with Crippen LogP contribution in [-0.2, 0) is 0 Å². The van der Waals surface area contributed by atoms with Crippen molar-refractivity contribution < 1.29 is 4.79 Å². The maximum Gasteiger partial charge on any atom is 0.346 e. The summed E-state index contributed by atoms with van der Waals surface area (Å²) in [6.45, 7) is 9.56. The number of aromatic nitrogens is 3. The molecular formula is C13H21N5O. The topological polar surface area (TPSA) is 54.3 Å². The minimum atomic E-state index is -0.0405. The lowest BCUT2D eigenvalue weighted by molar-refractivity contribution is 0.00371. The minimum Gasteiger partial charge on any atom is -0.315 e. The van der Waals surface area contributed by atoms with Gasteiger partial charge in [0.25, 0.3) is 0 Å². The summed E-state index contributed by atoms with van der Waals surface area (Å²) in [4.78, 5) is 20.7. The van der Waals surface area contributed by atoms with E-state index in [9.17, 15) is 4.79 Å². The Labute approximate surface area is 113 Å². The van der Waals surface area contributed by atoms with Gasteiger partial charge in [-0.05, 0) is 26.2 Å². The Morgan fingerprint density at radius 1 is 1.47 bits per heavy atom. The molecule has 0 aliphatic carbocycles. The van der Waals surface area contributed by atoms with Gasteiger partial charge in [-0.25, -0.2) is 9.78 Å². The van der Waals surface area contributed by atoms with Crippen LogP contribution < -0.4 is 0 Å². The van der Waals surface area contributed by atoms with E-state index in [4.69, 9.17) is 0 Å². The molecule has 3 rings (SSSR count). The predicted molar refractivity (Wildman–Crippen MR) is 70.7 cm³/mol. The van der Waals surface area contributed by atoms with E-state index in [1.165, 1.54) is 17.3 Å². The van der Waals surface area contributed by atoms with Crippen molar-refractivity contribution in [2.45, 2.75) is 38.8 Å². The van der Waals surface area contributed by atoms with Gasteiger partial charge in [-0.3, -0.25) is 4.90 Å². The highest BCUT2D eigenvalue weighted by Gasteiger charge is 2.56. The third-order valence-corrected chi connectivity index (χ3v) is 4.78. The standard InChI is InChI=1S/C13H21N5O/c1-10(2)16-6-11(3)13(7-16)4-5-17(13)12(19)18-9-14-8-15-18/h8-11H,4-7H2,1-3H3. The smallest absolute Gasteiger partial charge is 0.315 e. The van der Waals surface area contributed by atoms with Crippen LogP contribution in [0.2, 0.25) is 0 Å². The van der Waals surface area contributed by atoms with E-state index >= 15 is 0 Å². The average molecular weight is 263 g/mol. The van der Waals surface area contributed by atoms with Gasteiger partial charge in [-0.2, -0.15) is 9.78 Å². The first-order valence-corrected chi connectivity index (χ1v) is 6.95. The van der Waals surface area contributed by atoms with Crippen LogP contribution in [0.1, 0.15) is 27.2 Å². The molecule has 2 aliphatic heterocycles. The van der Waals surface area contributed by atoms with Gasteiger partial charge in [0.15, 0.2) is 0 Å². The second-order valence-electron chi connectivity index (χ2n) is 6.05. The third-order valence-electron chi connectivity index (χ3n) is 4.78. The molecule has 2 aliphatic rings. The van der Waals surface area contributed by atoms with E-state index in [-0.39, 0.29) is 11.6 Å². The molecule has 0 radical (unpaired) electrons. The van der Waals surface area contributed by atoms with E-state index in [0.717, 1.165) is 26.1 Å². The SMILES string of the molecule is CC(C)N1CC(C)C2(CCN2C(=O)n2cncn2)C1.